The third-order valence-corrected chi connectivity index (χ3v) is 1.88. The monoisotopic (exact) mass is 235 g/mol. The lowest BCUT2D eigenvalue weighted by Crippen LogP contribution is -2.40. The van der Waals surface area contributed by atoms with Gasteiger partial charge in [0.2, 0.25) is 5.96 Å². The van der Waals surface area contributed by atoms with Crippen LogP contribution in [-0.4, -0.2) is 23.0 Å². The lowest BCUT2D eigenvalue weighted by Gasteiger charge is -2.12. The highest BCUT2D eigenvalue weighted by Crippen LogP contribution is 2.08. The highest BCUT2D eigenvalue weighted by atomic mass is 16.2. The zero-order chi connectivity index (χ0) is 12.8. The number of pyridine rings is 1. The average Bonchev–Trinajstić information content (AvgIpc) is 2.19. The second-order valence-corrected chi connectivity index (χ2v) is 3.85. The summed E-state index contributed by atoms with van der Waals surface area (Å²) in [4.78, 5) is 19.2. The van der Waals surface area contributed by atoms with E-state index in [2.05, 4.69) is 20.6 Å². The van der Waals surface area contributed by atoms with Gasteiger partial charge in [-0.2, -0.15) is 0 Å². The molecule has 0 unspecified atom stereocenters. The van der Waals surface area contributed by atoms with Gasteiger partial charge in [0.05, 0.1) is 0 Å². The minimum Gasteiger partial charge on any atom is -0.351 e. The van der Waals surface area contributed by atoms with Crippen LogP contribution in [0.1, 0.15) is 19.4 Å². The third-order valence-electron chi connectivity index (χ3n) is 1.88. The summed E-state index contributed by atoms with van der Waals surface area (Å²) >= 11 is 0. The summed E-state index contributed by atoms with van der Waals surface area (Å²) < 4.78 is 0. The topological polar surface area (TPSA) is 92.4 Å². The number of rotatable bonds is 2. The van der Waals surface area contributed by atoms with Gasteiger partial charge in [-0.3, -0.25) is 5.32 Å². The molecule has 0 aromatic carbocycles. The number of aromatic nitrogens is 1. The van der Waals surface area contributed by atoms with Gasteiger partial charge in [0.25, 0.3) is 0 Å². The molecule has 1 aromatic rings. The predicted octanol–water partition coefficient (Wildman–Crippen LogP) is 1.23. The molecule has 1 rings (SSSR count). The first-order valence-electron chi connectivity index (χ1n) is 5.32. The molecule has 92 valence electrons. The van der Waals surface area contributed by atoms with Crippen molar-refractivity contribution in [2.75, 3.05) is 5.32 Å². The summed E-state index contributed by atoms with van der Waals surface area (Å²) in [5, 5.41) is 5.36. The number of hydrogen-bond acceptors (Lipinski definition) is 3. The Kier molecular flexibility index (Phi) is 4.45. The van der Waals surface area contributed by atoms with Gasteiger partial charge in [-0.05, 0) is 32.4 Å². The molecule has 6 nitrogen and oxygen atoms in total. The first-order valence-corrected chi connectivity index (χ1v) is 5.32. The largest absolute Gasteiger partial charge is 0.351 e. The Balaban J connectivity index is 2.87. The van der Waals surface area contributed by atoms with Crippen molar-refractivity contribution in [3.8, 4) is 0 Å². The van der Waals surface area contributed by atoms with Crippen molar-refractivity contribution < 1.29 is 4.79 Å². The molecule has 17 heavy (non-hydrogen) atoms. The zero-order valence-electron chi connectivity index (χ0n) is 10.2. The minimum atomic E-state index is -0.662. The quantitative estimate of drug-likeness (QED) is 0.531. The number of carbonyl (C=O) groups excluding carboxylic acids is 1. The summed E-state index contributed by atoms with van der Waals surface area (Å²) in [6.45, 7) is 5.71. The van der Waals surface area contributed by atoms with Crippen LogP contribution in [0.5, 0.6) is 0 Å². The summed E-state index contributed by atoms with van der Waals surface area (Å²) in [5.41, 5.74) is 6.02. The zero-order valence-corrected chi connectivity index (χ0v) is 10.2. The number of anilines is 1. The molecule has 0 bridgehead atoms. The Morgan fingerprint density at radius 1 is 1.53 bits per heavy atom. The van der Waals surface area contributed by atoms with Crippen molar-refractivity contribution in [1.82, 2.24) is 10.3 Å². The number of aliphatic imine (C=N–C) groups is 1. The van der Waals surface area contributed by atoms with Crippen molar-refractivity contribution in [1.29, 1.82) is 0 Å². The average molecular weight is 235 g/mol. The van der Waals surface area contributed by atoms with Gasteiger partial charge in [0, 0.05) is 12.2 Å². The van der Waals surface area contributed by atoms with E-state index in [4.69, 9.17) is 5.73 Å². The number of hydrogen-bond donors (Lipinski definition) is 3. The van der Waals surface area contributed by atoms with Crippen LogP contribution in [0.4, 0.5) is 10.6 Å². The van der Waals surface area contributed by atoms with Crippen LogP contribution in [0, 0.1) is 6.92 Å². The van der Waals surface area contributed by atoms with Gasteiger partial charge >= 0.3 is 6.03 Å². The molecule has 1 heterocycles. The second kappa shape index (κ2) is 5.83. The van der Waals surface area contributed by atoms with Crippen LogP contribution in [0.2, 0.25) is 0 Å². The van der Waals surface area contributed by atoms with E-state index in [0.717, 1.165) is 5.56 Å². The van der Waals surface area contributed by atoms with Gasteiger partial charge in [-0.15, -0.1) is 0 Å². The number of guanidine groups is 1. The number of nitrogens with two attached hydrogens (primary N) is 1. The maximum absolute atomic E-state index is 10.8. The minimum absolute atomic E-state index is 0.0355. The molecule has 0 radical (unpaired) electrons. The molecular formula is C11H17N5O. The Labute approximate surface area is 100 Å². The lowest BCUT2D eigenvalue weighted by molar-refractivity contribution is 0.253. The molecule has 0 spiro atoms. The standard InChI is InChI=1S/C11H17N5O/c1-7(2)14-11(16-10(12)17)15-9-8(3)5-4-6-13-9/h4-7H,1-3H3,(H4,12,13,14,15,16,17). The number of nitrogens with one attached hydrogen (secondary N) is 2. The van der Waals surface area contributed by atoms with Gasteiger partial charge < -0.3 is 11.1 Å². The molecule has 1 aromatic heterocycles. The van der Waals surface area contributed by atoms with Crippen molar-refractivity contribution in [2.45, 2.75) is 26.8 Å². The summed E-state index contributed by atoms with van der Waals surface area (Å²) in [6.07, 6.45) is 1.66. The number of primary amides is 1. The molecule has 6 heteroatoms. The van der Waals surface area contributed by atoms with E-state index in [1.54, 1.807) is 6.20 Å². The number of urea groups is 1. The summed E-state index contributed by atoms with van der Waals surface area (Å²) in [6, 6.07) is 3.12. The van der Waals surface area contributed by atoms with Crippen LogP contribution in [0.15, 0.2) is 23.3 Å². The van der Waals surface area contributed by atoms with Crippen LogP contribution >= 0.6 is 0 Å². The highest BCUT2D eigenvalue weighted by molar-refractivity contribution is 6.03. The molecule has 2 amide bonds. The Bertz CT molecular complexity index is 428. The Hall–Kier alpha value is -2.11. The van der Waals surface area contributed by atoms with Crippen LogP contribution in [-0.2, 0) is 0 Å². The number of nitrogens with zero attached hydrogens (tertiary/aromatic N) is 2. The predicted molar refractivity (Wildman–Crippen MR) is 67.9 cm³/mol. The van der Waals surface area contributed by atoms with Gasteiger partial charge in [0.15, 0.2) is 0 Å². The number of carbonyl (C=O) groups is 1. The van der Waals surface area contributed by atoms with Crippen molar-refractivity contribution >= 4 is 17.8 Å². The van der Waals surface area contributed by atoms with Crippen LogP contribution < -0.4 is 16.4 Å². The molecule has 0 atom stereocenters. The number of amides is 2. The van der Waals surface area contributed by atoms with Gasteiger partial charge in [-0.25, -0.2) is 14.8 Å². The summed E-state index contributed by atoms with van der Waals surface area (Å²) in [7, 11) is 0. The highest BCUT2D eigenvalue weighted by Gasteiger charge is 2.06. The first-order chi connectivity index (χ1) is 7.99. The molecular weight excluding hydrogens is 218 g/mol. The van der Waals surface area contributed by atoms with Crippen molar-refractivity contribution in [3.63, 3.8) is 0 Å². The molecule has 0 aliphatic carbocycles. The Morgan fingerprint density at radius 2 is 2.24 bits per heavy atom. The van der Waals surface area contributed by atoms with Crippen LogP contribution in [0.3, 0.4) is 0 Å². The van der Waals surface area contributed by atoms with E-state index in [0.29, 0.717) is 11.8 Å². The van der Waals surface area contributed by atoms with Gasteiger partial charge in [0.1, 0.15) is 5.82 Å². The maximum atomic E-state index is 10.8. The van der Waals surface area contributed by atoms with E-state index >= 15 is 0 Å². The molecule has 4 N–H and O–H groups in total. The maximum Gasteiger partial charge on any atom is 0.318 e. The van der Waals surface area contributed by atoms with Crippen molar-refractivity contribution in [3.05, 3.63) is 23.9 Å². The van der Waals surface area contributed by atoms with Crippen LogP contribution in [0.25, 0.3) is 0 Å². The molecule has 0 aliphatic heterocycles. The second-order valence-electron chi connectivity index (χ2n) is 3.85. The molecule has 0 saturated carbocycles. The summed E-state index contributed by atoms with van der Waals surface area (Å²) in [5.74, 6) is 0.940. The smallest absolute Gasteiger partial charge is 0.318 e. The molecule has 0 aliphatic rings. The van der Waals surface area contributed by atoms with E-state index in [1.165, 1.54) is 0 Å². The van der Waals surface area contributed by atoms with E-state index < -0.39 is 6.03 Å². The fourth-order valence-electron chi connectivity index (χ4n) is 1.20. The first kappa shape index (κ1) is 13.0. The molecule has 0 saturated heterocycles. The normalized spacial score (nSPS) is 11.4. The fourth-order valence-corrected chi connectivity index (χ4v) is 1.20. The molecule has 0 fully saturated rings. The van der Waals surface area contributed by atoms with Crippen molar-refractivity contribution in [2.24, 2.45) is 10.7 Å². The van der Waals surface area contributed by atoms with Gasteiger partial charge in [-0.1, -0.05) is 6.07 Å². The van der Waals surface area contributed by atoms with E-state index in [-0.39, 0.29) is 6.04 Å². The van der Waals surface area contributed by atoms with E-state index in [1.807, 2.05) is 32.9 Å². The lowest BCUT2D eigenvalue weighted by atomic mass is 10.3. The third kappa shape index (κ3) is 4.50. The Morgan fingerprint density at radius 3 is 2.76 bits per heavy atom. The number of aryl methyl sites for hydroxylation is 1. The van der Waals surface area contributed by atoms with E-state index in [9.17, 15) is 4.79 Å². The SMILES string of the molecule is Cc1cccnc1NC(=NC(C)C)NC(N)=O. The fraction of sp³-hybridized carbons (Fsp3) is 0.364.